The maximum absolute atomic E-state index is 10.0. The summed E-state index contributed by atoms with van der Waals surface area (Å²) < 4.78 is 0. The van der Waals surface area contributed by atoms with Gasteiger partial charge >= 0.3 is 5.97 Å². The van der Waals surface area contributed by atoms with Crippen molar-refractivity contribution in [3.05, 3.63) is 0 Å². The molecule has 4 nitrogen and oxygen atoms in total. The Balaban J connectivity index is 3.71. The van der Waals surface area contributed by atoms with E-state index in [1.54, 1.807) is 14.1 Å². The number of aliphatic carboxylic acids is 1. The predicted molar refractivity (Wildman–Crippen MR) is 34.7 cm³/mol. The maximum atomic E-state index is 10.0. The van der Waals surface area contributed by atoms with Gasteiger partial charge in [0, 0.05) is 14.1 Å². The van der Waals surface area contributed by atoms with E-state index in [0.29, 0.717) is 5.84 Å². The van der Waals surface area contributed by atoms with Crippen LogP contribution in [0.5, 0.6) is 0 Å². The fourth-order valence-corrected chi connectivity index (χ4v) is 0.422. The second-order valence-corrected chi connectivity index (χ2v) is 1.49. The third kappa shape index (κ3) is 3.52. The van der Waals surface area contributed by atoms with Crippen molar-refractivity contribution in [3.8, 4) is 0 Å². The van der Waals surface area contributed by atoms with Crippen molar-refractivity contribution < 1.29 is 9.90 Å². The molecule has 0 heterocycles. The van der Waals surface area contributed by atoms with Gasteiger partial charge in [-0.15, -0.1) is 0 Å². The molecular formula is C5H10N2O2. The molecule has 0 fully saturated rings. The minimum absolute atomic E-state index is 0.0347. The van der Waals surface area contributed by atoms with Crippen molar-refractivity contribution in [2.24, 2.45) is 4.99 Å². The lowest BCUT2D eigenvalue weighted by Crippen LogP contribution is -2.21. The molecule has 0 rings (SSSR count). The third-order valence-electron chi connectivity index (χ3n) is 0.877. The lowest BCUT2D eigenvalue weighted by Gasteiger charge is -1.98. The van der Waals surface area contributed by atoms with Gasteiger partial charge in [-0.1, -0.05) is 0 Å². The molecular weight excluding hydrogens is 120 g/mol. The molecule has 0 saturated heterocycles. The number of aliphatic imine (C=N–C) groups is 1. The van der Waals surface area contributed by atoms with Gasteiger partial charge in [-0.25, -0.2) is 0 Å². The first-order valence-electron chi connectivity index (χ1n) is 2.56. The molecule has 0 aliphatic rings. The lowest BCUT2D eigenvalue weighted by molar-refractivity contribution is -0.135. The second-order valence-electron chi connectivity index (χ2n) is 1.49. The van der Waals surface area contributed by atoms with Gasteiger partial charge in [0.15, 0.2) is 0 Å². The summed E-state index contributed by atoms with van der Waals surface area (Å²) >= 11 is 0. The summed E-state index contributed by atoms with van der Waals surface area (Å²) in [6, 6.07) is 0. The largest absolute Gasteiger partial charge is 0.481 e. The Morgan fingerprint density at radius 3 is 2.44 bits per heavy atom. The lowest BCUT2D eigenvalue weighted by atomic mass is 10.4. The van der Waals surface area contributed by atoms with Crippen LogP contribution in [0.3, 0.4) is 0 Å². The van der Waals surface area contributed by atoms with Gasteiger partial charge in [-0.3, -0.25) is 9.79 Å². The molecule has 0 amide bonds. The van der Waals surface area contributed by atoms with E-state index in [1.807, 2.05) is 0 Å². The third-order valence-corrected chi connectivity index (χ3v) is 0.877. The molecule has 52 valence electrons. The Labute approximate surface area is 53.6 Å². The minimum atomic E-state index is -0.870. The zero-order chi connectivity index (χ0) is 7.28. The highest BCUT2D eigenvalue weighted by molar-refractivity contribution is 5.96. The molecule has 0 unspecified atom stereocenters. The van der Waals surface area contributed by atoms with Gasteiger partial charge in [-0.2, -0.15) is 0 Å². The number of rotatable bonds is 2. The average molecular weight is 130 g/mol. The van der Waals surface area contributed by atoms with Gasteiger partial charge in [0.05, 0.1) is 0 Å². The van der Waals surface area contributed by atoms with Gasteiger partial charge in [-0.05, 0) is 0 Å². The Morgan fingerprint density at radius 2 is 2.33 bits per heavy atom. The fourth-order valence-electron chi connectivity index (χ4n) is 0.422. The molecule has 0 bridgehead atoms. The zero-order valence-electron chi connectivity index (χ0n) is 5.51. The Morgan fingerprint density at radius 1 is 1.78 bits per heavy atom. The summed E-state index contributed by atoms with van der Waals surface area (Å²) in [5.41, 5.74) is 0. The van der Waals surface area contributed by atoms with Crippen molar-refractivity contribution in [2.45, 2.75) is 6.42 Å². The Hall–Kier alpha value is -1.06. The average Bonchev–Trinajstić information content (AvgIpc) is 1.82. The van der Waals surface area contributed by atoms with E-state index >= 15 is 0 Å². The maximum Gasteiger partial charge on any atom is 0.310 e. The van der Waals surface area contributed by atoms with Crippen molar-refractivity contribution in [2.75, 3.05) is 14.1 Å². The van der Waals surface area contributed by atoms with E-state index in [1.165, 1.54) is 0 Å². The molecule has 0 aliphatic heterocycles. The number of carbonyl (C=O) groups is 1. The summed E-state index contributed by atoms with van der Waals surface area (Å²) in [4.78, 5) is 13.7. The van der Waals surface area contributed by atoms with Crippen molar-refractivity contribution in [3.63, 3.8) is 0 Å². The van der Waals surface area contributed by atoms with E-state index in [0.717, 1.165) is 0 Å². The van der Waals surface area contributed by atoms with Crippen molar-refractivity contribution >= 4 is 11.8 Å². The number of nitrogens with one attached hydrogen (secondary N) is 1. The highest BCUT2D eigenvalue weighted by Crippen LogP contribution is 1.79. The van der Waals surface area contributed by atoms with Crippen LogP contribution in [0.25, 0.3) is 0 Å². The number of carboxylic acids is 1. The summed E-state index contributed by atoms with van der Waals surface area (Å²) in [5, 5.41) is 10.9. The Bertz CT molecular complexity index is 131. The van der Waals surface area contributed by atoms with Crippen LogP contribution in [-0.4, -0.2) is 31.0 Å². The molecule has 0 saturated carbocycles. The first-order chi connectivity index (χ1) is 4.20. The molecule has 0 radical (unpaired) electrons. The topological polar surface area (TPSA) is 61.7 Å². The highest BCUT2D eigenvalue weighted by atomic mass is 16.4. The molecule has 9 heavy (non-hydrogen) atoms. The van der Waals surface area contributed by atoms with Crippen LogP contribution in [0, 0.1) is 0 Å². The van der Waals surface area contributed by atoms with E-state index in [9.17, 15) is 4.79 Å². The molecule has 0 atom stereocenters. The molecule has 0 aromatic heterocycles. The van der Waals surface area contributed by atoms with Crippen LogP contribution in [0.1, 0.15) is 6.42 Å². The van der Waals surface area contributed by atoms with Gasteiger partial charge < -0.3 is 10.4 Å². The monoisotopic (exact) mass is 130 g/mol. The first-order valence-corrected chi connectivity index (χ1v) is 2.56. The molecule has 4 heteroatoms. The van der Waals surface area contributed by atoms with Crippen LogP contribution in [0.15, 0.2) is 4.99 Å². The molecule has 0 aromatic rings. The van der Waals surface area contributed by atoms with E-state index in [4.69, 9.17) is 5.11 Å². The minimum Gasteiger partial charge on any atom is -0.481 e. The normalized spacial score (nSPS) is 11.1. The molecule has 0 spiro atoms. The molecule has 0 aromatic carbocycles. The Kier molecular flexibility index (Phi) is 3.43. The summed E-state index contributed by atoms with van der Waals surface area (Å²) in [7, 11) is 3.19. The zero-order valence-corrected chi connectivity index (χ0v) is 5.51. The van der Waals surface area contributed by atoms with Crippen LogP contribution < -0.4 is 5.32 Å². The van der Waals surface area contributed by atoms with Crippen LogP contribution >= 0.6 is 0 Å². The summed E-state index contributed by atoms with van der Waals surface area (Å²) in [5.74, 6) is -0.382. The predicted octanol–water partition coefficient (Wildman–Crippen LogP) is -0.291. The van der Waals surface area contributed by atoms with Crippen LogP contribution in [-0.2, 0) is 4.79 Å². The van der Waals surface area contributed by atoms with Gasteiger partial charge in [0.25, 0.3) is 0 Å². The fraction of sp³-hybridized carbons (Fsp3) is 0.600. The SMILES string of the molecule is CN=C(CC(=O)O)NC. The van der Waals surface area contributed by atoms with Crippen molar-refractivity contribution in [1.29, 1.82) is 0 Å². The van der Waals surface area contributed by atoms with Crippen molar-refractivity contribution in [1.82, 2.24) is 5.32 Å². The van der Waals surface area contributed by atoms with E-state index < -0.39 is 5.97 Å². The van der Waals surface area contributed by atoms with Crippen LogP contribution in [0.2, 0.25) is 0 Å². The van der Waals surface area contributed by atoms with Crippen LogP contribution in [0.4, 0.5) is 0 Å². The molecule has 0 aliphatic carbocycles. The number of hydrogen-bond acceptors (Lipinski definition) is 2. The highest BCUT2D eigenvalue weighted by Gasteiger charge is 2.00. The standard InChI is InChI=1S/C5H10N2O2/c1-6-4(7-2)3-5(8)9/h3H2,1-2H3,(H,6,7)(H,8,9). The summed E-state index contributed by atoms with van der Waals surface area (Å²) in [6.45, 7) is 0. The number of hydrogen-bond donors (Lipinski definition) is 2. The van der Waals surface area contributed by atoms with E-state index in [2.05, 4.69) is 10.3 Å². The molecule has 2 N–H and O–H groups in total. The van der Waals surface area contributed by atoms with E-state index in [-0.39, 0.29) is 6.42 Å². The second kappa shape index (κ2) is 3.88. The smallest absolute Gasteiger partial charge is 0.310 e. The number of amidine groups is 1. The number of nitrogens with zero attached hydrogens (tertiary/aromatic N) is 1. The van der Waals surface area contributed by atoms with Gasteiger partial charge in [0.1, 0.15) is 12.3 Å². The van der Waals surface area contributed by atoms with Gasteiger partial charge in [0.2, 0.25) is 0 Å². The quantitative estimate of drug-likeness (QED) is 0.399. The first kappa shape index (κ1) is 7.94. The summed E-state index contributed by atoms with van der Waals surface area (Å²) in [6.07, 6.45) is -0.0347. The number of carboxylic acid groups (broad SMARTS) is 1.